The fourth-order valence-electron chi connectivity index (χ4n) is 2.93. The van der Waals surface area contributed by atoms with Gasteiger partial charge in [0.25, 0.3) is 5.91 Å². The second-order valence-electron chi connectivity index (χ2n) is 6.10. The Morgan fingerprint density at radius 3 is 2.48 bits per heavy atom. The van der Waals surface area contributed by atoms with Crippen molar-refractivity contribution >= 4 is 11.9 Å². The summed E-state index contributed by atoms with van der Waals surface area (Å²) in [7, 11) is 2.84. The van der Waals surface area contributed by atoms with E-state index in [0.717, 1.165) is 12.8 Å². The van der Waals surface area contributed by atoms with E-state index in [4.69, 9.17) is 9.47 Å². The Labute approximate surface area is 157 Å². The second-order valence-corrected chi connectivity index (χ2v) is 6.10. The third-order valence-corrected chi connectivity index (χ3v) is 4.31. The van der Waals surface area contributed by atoms with Gasteiger partial charge in [0, 0.05) is 12.1 Å². The molecular weight excluding hydrogens is 350 g/mol. The van der Waals surface area contributed by atoms with Gasteiger partial charge in [-0.25, -0.2) is 4.79 Å². The maximum Gasteiger partial charge on any atom is 0.337 e. The summed E-state index contributed by atoms with van der Waals surface area (Å²) < 4.78 is 15.6. The molecule has 2 heterocycles. The molecule has 8 heteroatoms. The van der Waals surface area contributed by atoms with Crippen LogP contribution in [0.4, 0.5) is 0 Å². The molecule has 1 atom stereocenters. The predicted molar refractivity (Wildman–Crippen MR) is 95.9 cm³/mol. The van der Waals surface area contributed by atoms with Gasteiger partial charge in [0.05, 0.1) is 38.7 Å². The van der Waals surface area contributed by atoms with Crippen LogP contribution in [-0.2, 0) is 4.74 Å². The van der Waals surface area contributed by atoms with Gasteiger partial charge >= 0.3 is 5.97 Å². The Balaban J connectivity index is 1.64. The van der Waals surface area contributed by atoms with Gasteiger partial charge in [-0.05, 0) is 37.1 Å². The number of ether oxygens (including phenoxy) is 3. The largest absolute Gasteiger partial charge is 0.480 e. The lowest BCUT2D eigenvalue weighted by Gasteiger charge is -2.32. The maximum absolute atomic E-state index is 12.8. The summed E-state index contributed by atoms with van der Waals surface area (Å²) in [4.78, 5) is 34.2. The van der Waals surface area contributed by atoms with E-state index in [1.807, 2.05) is 0 Å². The summed E-state index contributed by atoms with van der Waals surface area (Å²) in [5, 5.41) is 0. The number of piperidine rings is 1. The van der Waals surface area contributed by atoms with Crippen LogP contribution in [0.25, 0.3) is 0 Å². The number of likely N-dealkylation sites (tertiary alicyclic amines) is 1. The Morgan fingerprint density at radius 2 is 1.78 bits per heavy atom. The van der Waals surface area contributed by atoms with E-state index in [1.165, 1.54) is 26.6 Å². The van der Waals surface area contributed by atoms with Crippen molar-refractivity contribution in [3.05, 3.63) is 47.8 Å². The van der Waals surface area contributed by atoms with Crippen molar-refractivity contribution in [1.82, 2.24) is 14.9 Å². The molecular formula is C19H21N3O5. The molecule has 0 bridgehead atoms. The lowest BCUT2D eigenvalue weighted by atomic mass is 10.1. The molecule has 1 aliphatic heterocycles. The Bertz CT molecular complexity index is 809. The first-order chi connectivity index (χ1) is 13.1. The predicted octanol–water partition coefficient (Wildman–Crippen LogP) is 1.96. The standard InChI is InChI=1S/C19H21N3O5/c1-25-16-10-20-11-17(21-16)27-15-4-3-9-22(12-15)18(23)13-5-7-14(8-6-13)19(24)26-2/h5-8,10-11,15H,3-4,9,12H2,1-2H3. The molecule has 2 aromatic rings. The SMILES string of the molecule is COC(=O)c1ccc(C(=O)N2CCCC(Oc3cncc(OC)n3)C2)cc1. The number of rotatable bonds is 5. The van der Waals surface area contributed by atoms with Crippen LogP contribution in [0.3, 0.4) is 0 Å². The number of carbonyl (C=O) groups is 2. The van der Waals surface area contributed by atoms with E-state index in [-0.39, 0.29) is 12.0 Å². The van der Waals surface area contributed by atoms with Crippen LogP contribution in [0.5, 0.6) is 11.8 Å². The molecule has 142 valence electrons. The second kappa shape index (κ2) is 8.48. The van der Waals surface area contributed by atoms with Crippen LogP contribution >= 0.6 is 0 Å². The summed E-state index contributed by atoms with van der Waals surface area (Å²) in [6, 6.07) is 6.44. The number of amides is 1. The quantitative estimate of drug-likeness (QED) is 0.742. The maximum atomic E-state index is 12.8. The molecule has 1 aromatic carbocycles. The number of aromatic nitrogens is 2. The molecule has 0 saturated carbocycles. The van der Waals surface area contributed by atoms with Gasteiger partial charge < -0.3 is 19.1 Å². The number of methoxy groups -OCH3 is 2. The van der Waals surface area contributed by atoms with Crippen LogP contribution in [0.2, 0.25) is 0 Å². The monoisotopic (exact) mass is 371 g/mol. The minimum atomic E-state index is -0.431. The topological polar surface area (TPSA) is 90.9 Å². The molecule has 1 unspecified atom stereocenters. The molecule has 8 nitrogen and oxygen atoms in total. The number of hydrogen-bond acceptors (Lipinski definition) is 7. The molecule has 1 saturated heterocycles. The summed E-state index contributed by atoms with van der Waals surface area (Å²) in [6.45, 7) is 1.11. The number of carbonyl (C=O) groups excluding carboxylic acids is 2. The average Bonchev–Trinajstić information content (AvgIpc) is 2.73. The van der Waals surface area contributed by atoms with E-state index < -0.39 is 5.97 Å². The van der Waals surface area contributed by atoms with Gasteiger partial charge in [0.15, 0.2) is 0 Å². The average molecular weight is 371 g/mol. The molecule has 0 spiro atoms. The highest BCUT2D eigenvalue weighted by molar-refractivity contribution is 5.96. The van der Waals surface area contributed by atoms with Crippen molar-refractivity contribution in [1.29, 1.82) is 0 Å². The van der Waals surface area contributed by atoms with Crippen molar-refractivity contribution in [2.75, 3.05) is 27.3 Å². The number of esters is 1. The fourth-order valence-corrected chi connectivity index (χ4v) is 2.93. The number of hydrogen-bond donors (Lipinski definition) is 0. The van der Waals surface area contributed by atoms with E-state index in [0.29, 0.717) is 36.0 Å². The van der Waals surface area contributed by atoms with E-state index in [1.54, 1.807) is 29.2 Å². The Morgan fingerprint density at radius 1 is 1.07 bits per heavy atom. The van der Waals surface area contributed by atoms with Crippen molar-refractivity contribution in [2.45, 2.75) is 18.9 Å². The number of nitrogens with zero attached hydrogens (tertiary/aromatic N) is 3. The minimum Gasteiger partial charge on any atom is -0.480 e. The molecule has 1 amide bonds. The number of benzene rings is 1. The normalized spacial score (nSPS) is 16.5. The van der Waals surface area contributed by atoms with Gasteiger partial charge in [-0.2, -0.15) is 4.98 Å². The first-order valence-electron chi connectivity index (χ1n) is 8.61. The van der Waals surface area contributed by atoms with Gasteiger partial charge in [-0.3, -0.25) is 9.78 Å². The van der Waals surface area contributed by atoms with Crippen LogP contribution in [0.15, 0.2) is 36.7 Å². The summed E-state index contributed by atoms with van der Waals surface area (Å²) >= 11 is 0. The molecule has 1 aromatic heterocycles. The van der Waals surface area contributed by atoms with Crippen molar-refractivity contribution in [3.8, 4) is 11.8 Å². The zero-order valence-corrected chi connectivity index (χ0v) is 15.3. The zero-order chi connectivity index (χ0) is 19.2. The molecule has 0 N–H and O–H groups in total. The first kappa shape index (κ1) is 18.6. The zero-order valence-electron chi connectivity index (χ0n) is 15.3. The summed E-state index contributed by atoms with van der Waals surface area (Å²) in [6.07, 6.45) is 4.51. The van der Waals surface area contributed by atoms with Gasteiger partial charge in [-0.1, -0.05) is 0 Å². The molecule has 1 aliphatic rings. The van der Waals surface area contributed by atoms with Crippen molar-refractivity contribution in [2.24, 2.45) is 0 Å². The molecule has 1 fully saturated rings. The molecule has 3 rings (SSSR count). The highest BCUT2D eigenvalue weighted by atomic mass is 16.5. The Kier molecular flexibility index (Phi) is 5.85. The van der Waals surface area contributed by atoms with E-state index in [9.17, 15) is 9.59 Å². The fraction of sp³-hybridized carbons (Fsp3) is 0.368. The molecule has 27 heavy (non-hydrogen) atoms. The van der Waals surface area contributed by atoms with Crippen LogP contribution in [0.1, 0.15) is 33.6 Å². The Hall–Kier alpha value is -3.16. The first-order valence-corrected chi connectivity index (χ1v) is 8.61. The van der Waals surface area contributed by atoms with Crippen LogP contribution in [-0.4, -0.2) is 60.2 Å². The van der Waals surface area contributed by atoms with Gasteiger partial charge in [0.1, 0.15) is 6.10 Å². The highest BCUT2D eigenvalue weighted by Gasteiger charge is 2.26. The van der Waals surface area contributed by atoms with E-state index in [2.05, 4.69) is 14.7 Å². The third-order valence-electron chi connectivity index (χ3n) is 4.31. The van der Waals surface area contributed by atoms with Crippen LogP contribution in [0, 0.1) is 0 Å². The van der Waals surface area contributed by atoms with Gasteiger partial charge in [-0.15, -0.1) is 0 Å². The van der Waals surface area contributed by atoms with Gasteiger partial charge in [0.2, 0.25) is 11.8 Å². The lowest BCUT2D eigenvalue weighted by molar-refractivity contribution is 0.0524. The summed E-state index contributed by atoms with van der Waals surface area (Å²) in [5.74, 6) is 0.217. The smallest absolute Gasteiger partial charge is 0.337 e. The molecule has 0 aliphatic carbocycles. The lowest BCUT2D eigenvalue weighted by Crippen LogP contribution is -2.44. The van der Waals surface area contributed by atoms with Crippen molar-refractivity contribution < 1.29 is 23.8 Å². The van der Waals surface area contributed by atoms with Crippen molar-refractivity contribution in [3.63, 3.8) is 0 Å². The molecule has 0 radical (unpaired) electrons. The summed E-state index contributed by atoms with van der Waals surface area (Å²) in [5.41, 5.74) is 0.926. The highest BCUT2D eigenvalue weighted by Crippen LogP contribution is 2.20. The van der Waals surface area contributed by atoms with E-state index >= 15 is 0 Å². The third kappa shape index (κ3) is 4.52. The minimum absolute atomic E-state index is 0.101. The van der Waals surface area contributed by atoms with Crippen LogP contribution < -0.4 is 9.47 Å².